The zero-order chi connectivity index (χ0) is 13.9. The Morgan fingerprint density at radius 1 is 1.25 bits per heavy atom. The van der Waals surface area contributed by atoms with Crippen LogP contribution in [0.2, 0.25) is 0 Å². The second-order valence-electron chi connectivity index (χ2n) is 4.63. The summed E-state index contributed by atoms with van der Waals surface area (Å²) in [5, 5.41) is 4.84. The molecule has 6 nitrogen and oxygen atoms in total. The van der Waals surface area contributed by atoms with Gasteiger partial charge in [-0.2, -0.15) is 5.10 Å². The summed E-state index contributed by atoms with van der Waals surface area (Å²) in [7, 11) is 0. The molecule has 0 saturated heterocycles. The summed E-state index contributed by atoms with van der Waals surface area (Å²) in [5.41, 5.74) is 1.25. The molecule has 3 aromatic heterocycles. The zero-order valence-electron chi connectivity index (χ0n) is 11.2. The van der Waals surface area contributed by atoms with Gasteiger partial charge >= 0.3 is 0 Å². The first-order valence-corrected chi connectivity index (χ1v) is 6.60. The fourth-order valence-electron chi connectivity index (χ4n) is 2.11. The van der Waals surface area contributed by atoms with Gasteiger partial charge in [0.05, 0.1) is 12.2 Å². The van der Waals surface area contributed by atoms with Gasteiger partial charge < -0.3 is 0 Å². The Morgan fingerprint density at radius 2 is 2.15 bits per heavy atom. The van der Waals surface area contributed by atoms with Crippen LogP contribution in [0.25, 0.3) is 11.0 Å². The van der Waals surface area contributed by atoms with E-state index in [2.05, 4.69) is 22.0 Å². The number of hydrogen-bond acceptors (Lipinski definition) is 4. The minimum absolute atomic E-state index is 0.0805. The Balaban J connectivity index is 2.00. The van der Waals surface area contributed by atoms with Crippen molar-refractivity contribution in [2.24, 2.45) is 0 Å². The summed E-state index contributed by atoms with van der Waals surface area (Å²) in [4.78, 5) is 20.9. The van der Waals surface area contributed by atoms with E-state index >= 15 is 0 Å². The smallest absolute Gasteiger partial charge is 0.264 e. The van der Waals surface area contributed by atoms with E-state index in [0.29, 0.717) is 17.6 Å². The van der Waals surface area contributed by atoms with Crippen molar-refractivity contribution in [3.8, 4) is 0 Å². The van der Waals surface area contributed by atoms with Gasteiger partial charge in [-0.05, 0) is 18.6 Å². The number of rotatable bonds is 4. The Kier molecular flexibility index (Phi) is 3.28. The minimum Gasteiger partial charge on any atom is -0.292 e. The largest absolute Gasteiger partial charge is 0.292 e. The Labute approximate surface area is 115 Å². The highest BCUT2D eigenvalue weighted by molar-refractivity contribution is 5.72. The molecule has 0 bridgehead atoms. The molecular weight excluding hydrogens is 254 g/mol. The molecule has 0 aliphatic carbocycles. The Bertz CT molecular complexity index is 775. The number of aryl methyl sites for hydroxylation is 1. The van der Waals surface area contributed by atoms with Crippen LogP contribution in [-0.4, -0.2) is 24.3 Å². The van der Waals surface area contributed by atoms with Crippen LogP contribution >= 0.6 is 0 Å². The highest BCUT2D eigenvalue weighted by Gasteiger charge is 2.09. The standard InChI is InChI=1S/C14H15N5O/c1-2-7-19-9-12-13(17-19)16-10-18(14(12)20)8-11-5-3-4-6-15-11/h3-6,9-10H,2,7-8H2,1H3. The first kappa shape index (κ1) is 12.5. The van der Waals surface area contributed by atoms with Crippen LogP contribution in [0.5, 0.6) is 0 Å². The van der Waals surface area contributed by atoms with Crippen molar-refractivity contribution in [1.29, 1.82) is 0 Å². The van der Waals surface area contributed by atoms with Crippen molar-refractivity contribution in [1.82, 2.24) is 24.3 Å². The average molecular weight is 269 g/mol. The van der Waals surface area contributed by atoms with Crippen molar-refractivity contribution in [3.05, 3.63) is 53.0 Å². The van der Waals surface area contributed by atoms with E-state index in [4.69, 9.17) is 0 Å². The van der Waals surface area contributed by atoms with E-state index in [9.17, 15) is 4.79 Å². The summed E-state index contributed by atoms with van der Waals surface area (Å²) in [6, 6.07) is 5.64. The monoisotopic (exact) mass is 269 g/mol. The molecule has 20 heavy (non-hydrogen) atoms. The van der Waals surface area contributed by atoms with E-state index in [1.54, 1.807) is 21.6 Å². The van der Waals surface area contributed by atoms with E-state index in [1.807, 2.05) is 18.2 Å². The first-order chi connectivity index (χ1) is 9.78. The third-order valence-electron chi connectivity index (χ3n) is 3.06. The molecule has 102 valence electrons. The van der Waals surface area contributed by atoms with E-state index in [-0.39, 0.29) is 5.56 Å². The molecule has 3 rings (SSSR count). The average Bonchev–Trinajstić information content (AvgIpc) is 2.87. The predicted octanol–water partition coefficient (Wildman–Crippen LogP) is 1.45. The van der Waals surface area contributed by atoms with Crippen molar-refractivity contribution in [3.63, 3.8) is 0 Å². The highest BCUT2D eigenvalue weighted by Crippen LogP contribution is 2.05. The third-order valence-corrected chi connectivity index (χ3v) is 3.06. The molecule has 0 amide bonds. The quantitative estimate of drug-likeness (QED) is 0.719. The molecule has 0 radical (unpaired) electrons. The lowest BCUT2D eigenvalue weighted by Crippen LogP contribution is -2.21. The van der Waals surface area contributed by atoms with Crippen molar-refractivity contribution >= 4 is 11.0 Å². The molecule has 0 aliphatic rings. The molecule has 6 heteroatoms. The molecule has 3 heterocycles. The summed E-state index contributed by atoms with van der Waals surface area (Å²) in [5.74, 6) is 0. The summed E-state index contributed by atoms with van der Waals surface area (Å²) < 4.78 is 3.33. The van der Waals surface area contributed by atoms with Crippen molar-refractivity contribution in [2.75, 3.05) is 0 Å². The Hall–Kier alpha value is -2.50. The summed E-state index contributed by atoms with van der Waals surface area (Å²) in [6.07, 6.45) is 5.98. The number of fused-ring (bicyclic) bond motifs is 1. The van der Waals surface area contributed by atoms with Crippen LogP contribution in [0.1, 0.15) is 19.0 Å². The van der Waals surface area contributed by atoms with Crippen LogP contribution in [-0.2, 0) is 13.1 Å². The maximum Gasteiger partial charge on any atom is 0.264 e. The predicted molar refractivity (Wildman–Crippen MR) is 75.4 cm³/mol. The van der Waals surface area contributed by atoms with Gasteiger partial charge in [-0.25, -0.2) is 4.98 Å². The molecule has 0 saturated carbocycles. The van der Waals surface area contributed by atoms with Crippen LogP contribution in [0.3, 0.4) is 0 Å². The molecule has 0 fully saturated rings. The van der Waals surface area contributed by atoms with Crippen molar-refractivity contribution < 1.29 is 0 Å². The summed E-state index contributed by atoms with van der Waals surface area (Å²) >= 11 is 0. The molecule has 0 N–H and O–H groups in total. The minimum atomic E-state index is -0.0805. The van der Waals surface area contributed by atoms with Gasteiger partial charge in [0.15, 0.2) is 5.65 Å². The second-order valence-corrected chi connectivity index (χ2v) is 4.63. The van der Waals surface area contributed by atoms with Crippen LogP contribution < -0.4 is 5.56 Å². The van der Waals surface area contributed by atoms with Crippen LogP contribution in [0, 0.1) is 0 Å². The number of nitrogens with zero attached hydrogens (tertiary/aromatic N) is 5. The molecule has 0 atom stereocenters. The fourth-order valence-corrected chi connectivity index (χ4v) is 2.11. The number of aromatic nitrogens is 5. The molecule has 0 aromatic carbocycles. The van der Waals surface area contributed by atoms with Gasteiger partial charge in [0, 0.05) is 18.9 Å². The summed E-state index contributed by atoms with van der Waals surface area (Å²) in [6.45, 7) is 3.27. The van der Waals surface area contributed by atoms with Gasteiger partial charge in [0.25, 0.3) is 5.56 Å². The van der Waals surface area contributed by atoms with Gasteiger partial charge in [-0.1, -0.05) is 13.0 Å². The van der Waals surface area contributed by atoms with Crippen molar-refractivity contribution in [2.45, 2.75) is 26.4 Å². The molecule has 0 spiro atoms. The maximum absolute atomic E-state index is 12.4. The molecule has 0 aliphatic heterocycles. The number of hydrogen-bond donors (Lipinski definition) is 0. The maximum atomic E-state index is 12.4. The van der Waals surface area contributed by atoms with Gasteiger partial charge in [-0.15, -0.1) is 0 Å². The highest BCUT2D eigenvalue weighted by atomic mass is 16.1. The normalized spacial score (nSPS) is 11.1. The second kappa shape index (κ2) is 5.24. The van der Waals surface area contributed by atoms with Gasteiger partial charge in [0.2, 0.25) is 0 Å². The zero-order valence-corrected chi connectivity index (χ0v) is 11.2. The SMILES string of the molecule is CCCn1cc2c(=O)n(Cc3ccccn3)cnc2n1. The van der Waals surface area contributed by atoms with Gasteiger partial charge in [0.1, 0.15) is 11.7 Å². The topological polar surface area (TPSA) is 65.6 Å². The third kappa shape index (κ3) is 2.32. The Morgan fingerprint density at radius 3 is 2.90 bits per heavy atom. The lowest BCUT2D eigenvalue weighted by Gasteiger charge is -2.03. The van der Waals surface area contributed by atoms with E-state index in [1.165, 1.54) is 6.33 Å². The molecular formula is C14H15N5O. The lowest BCUT2D eigenvalue weighted by molar-refractivity contribution is 0.607. The van der Waals surface area contributed by atoms with Gasteiger partial charge in [-0.3, -0.25) is 19.0 Å². The van der Waals surface area contributed by atoms with Crippen LogP contribution in [0.15, 0.2) is 41.7 Å². The molecule has 0 unspecified atom stereocenters. The van der Waals surface area contributed by atoms with Crippen LogP contribution in [0.4, 0.5) is 0 Å². The number of pyridine rings is 1. The molecule has 3 aromatic rings. The fraction of sp³-hybridized carbons (Fsp3) is 0.286. The lowest BCUT2D eigenvalue weighted by atomic mass is 10.3. The van der Waals surface area contributed by atoms with E-state index < -0.39 is 0 Å². The van der Waals surface area contributed by atoms with E-state index in [0.717, 1.165) is 18.7 Å². The first-order valence-electron chi connectivity index (χ1n) is 6.60.